The average Bonchev–Trinajstić information content (AvgIpc) is 3.73. The highest BCUT2D eigenvalue weighted by Gasteiger charge is 2.42. The summed E-state index contributed by atoms with van der Waals surface area (Å²) in [6, 6.07) is 17.4. The van der Waals surface area contributed by atoms with Crippen molar-refractivity contribution >= 4 is 34.8 Å². The first-order valence-corrected chi connectivity index (χ1v) is 15.3. The first-order valence-electron chi connectivity index (χ1n) is 14.5. The number of hydrogen-bond acceptors (Lipinski definition) is 7. The van der Waals surface area contributed by atoms with Crippen LogP contribution in [0.25, 0.3) is 22.4 Å². The third kappa shape index (κ3) is 5.78. The molecule has 2 aromatic heterocycles. The second-order valence-corrected chi connectivity index (χ2v) is 12.3. The number of benzene rings is 2. The minimum absolute atomic E-state index is 0.231. The maximum Gasteiger partial charge on any atom is 0.291 e. The summed E-state index contributed by atoms with van der Waals surface area (Å²) < 4.78 is 7.47. The SMILES string of the molecule is COc1nc(-c2cccc(-c3cccc(NC(=O)c4nc5c(n4C)CCN(C)C5)c3Cl)c2Cl)ccc1CNCC1(C#N)CC1. The Hall–Kier alpha value is -3.94. The topological polar surface area (TPSA) is 108 Å². The van der Waals surface area contributed by atoms with E-state index in [4.69, 9.17) is 32.9 Å². The number of halogens is 2. The number of amides is 1. The number of nitriles is 1. The summed E-state index contributed by atoms with van der Waals surface area (Å²) in [6.45, 7) is 2.82. The van der Waals surface area contributed by atoms with E-state index < -0.39 is 0 Å². The van der Waals surface area contributed by atoms with Gasteiger partial charge in [-0.3, -0.25) is 4.79 Å². The molecule has 2 N–H and O–H groups in total. The summed E-state index contributed by atoms with van der Waals surface area (Å²) in [6.07, 6.45) is 2.71. The molecule has 1 aliphatic carbocycles. The molecular weight excluding hydrogens is 597 g/mol. The number of fused-ring (bicyclic) bond motifs is 1. The van der Waals surface area contributed by atoms with Crippen LogP contribution in [0.3, 0.4) is 0 Å². The number of likely N-dealkylation sites (N-methyl/N-ethyl adjacent to an activating group) is 1. The number of carbonyl (C=O) groups excluding carboxylic acids is 1. The number of methoxy groups -OCH3 is 1. The first kappa shape index (κ1) is 30.1. The maximum absolute atomic E-state index is 13.3. The number of carbonyl (C=O) groups is 1. The van der Waals surface area contributed by atoms with E-state index in [0.29, 0.717) is 63.9 Å². The number of ether oxygens (including phenoxy) is 1. The number of aromatic nitrogens is 3. The van der Waals surface area contributed by atoms with Crippen LogP contribution in [0.5, 0.6) is 5.88 Å². The molecule has 2 aliphatic rings. The van der Waals surface area contributed by atoms with Crippen LogP contribution in [-0.4, -0.2) is 52.6 Å². The molecule has 0 saturated heterocycles. The summed E-state index contributed by atoms with van der Waals surface area (Å²) in [5.41, 5.74) is 5.89. The Kier molecular flexibility index (Phi) is 8.36. The smallest absolute Gasteiger partial charge is 0.291 e. The van der Waals surface area contributed by atoms with Crippen LogP contribution in [0, 0.1) is 16.7 Å². The lowest BCUT2D eigenvalue weighted by atomic mass is 10.00. The molecule has 9 nitrogen and oxygen atoms in total. The quantitative estimate of drug-likeness (QED) is 0.230. The van der Waals surface area contributed by atoms with Crippen molar-refractivity contribution in [3.63, 3.8) is 0 Å². The minimum atomic E-state index is -0.325. The zero-order valence-electron chi connectivity index (χ0n) is 24.9. The van der Waals surface area contributed by atoms with E-state index in [1.165, 1.54) is 0 Å². The van der Waals surface area contributed by atoms with Gasteiger partial charge < -0.3 is 24.8 Å². The van der Waals surface area contributed by atoms with Gasteiger partial charge in [-0.1, -0.05) is 59.6 Å². The predicted octanol–water partition coefficient (Wildman–Crippen LogP) is 6.10. The van der Waals surface area contributed by atoms with Gasteiger partial charge >= 0.3 is 0 Å². The predicted molar refractivity (Wildman–Crippen MR) is 172 cm³/mol. The second-order valence-electron chi connectivity index (χ2n) is 11.5. The summed E-state index contributed by atoms with van der Waals surface area (Å²) in [4.78, 5) is 24.9. The molecule has 4 aromatic rings. The number of nitrogens with one attached hydrogen (secondary N) is 2. The Morgan fingerprint density at radius 3 is 2.50 bits per heavy atom. The highest BCUT2D eigenvalue weighted by Crippen LogP contribution is 2.44. The molecule has 0 bridgehead atoms. The molecule has 1 fully saturated rings. The highest BCUT2D eigenvalue weighted by atomic mass is 35.5. The van der Waals surface area contributed by atoms with E-state index in [-0.39, 0.29) is 11.3 Å². The van der Waals surface area contributed by atoms with Crippen LogP contribution in [0.1, 0.15) is 40.4 Å². The molecule has 11 heteroatoms. The Bertz CT molecular complexity index is 1790. The van der Waals surface area contributed by atoms with Crippen LogP contribution in [0.2, 0.25) is 10.0 Å². The Morgan fingerprint density at radius 1 is 1.05 bits per heavy atom. The van der Waals surface area contributed by atoms with Gasteiger partial charge in [0.15, 0.2) is 5.82 Å². The third-order valence-electron chi connectivity index (χ3n) is 8.46. The van der Waals surface area contributed by atoms with Crippen molar-refractivity contribution in [2.24, 2.45) is 12.5 Å². The first-order chi connectivity index (χ1) is 21.2. The lowest BCUT2D eigenvalue weighted by Crippen LogP contribution is -2.27. The normalized spacial score (nSPS) is 15.4. The summed E-state index contributed by atoms with van der Waals surface area (Å²) in [5, 5.41) is 16.5. The van der Waals surface area contributed by atoms with E-state index in [1.807, 2.05) is 61.1 Å². The zero-order valence-corrected chi connectivity index (χ0v) is 26.4. The summed E-state index contributed by atoms with van der Waals surface area (Å²) in [5.74, 6) is 0.514. The number of imidazole rings is 1. The Balaban J connectivity index is 1.24. The maximum atomic E-state index is 13.3. The molecule has 0 radical (unpaired) electrons. The van der Waals surface area contributed by atoms with Crippen molar-refractivity contribution in [3.8, 4) is 34.3 Å². The van der Waals surface area contributed by atoms with Gasteiger partial charge in [0, 0.05) is 67.6 Å². The average molecular weight is 631 g/mol. The van der Waals surface area contributed by atoms with E-state index >= 15 is 0 Å². The molecule has 44 heavy (non-hydrogen) atoms. The van der Waals surface area contributed by atoms with Crippen LogP contribution in [-0.2, 0) is 26.6 Å². The molecule has 1 amide bonds. The van der Waals surface area contributed by atoms with Crippen molar-refractivity contribution in [3.05, 3.63) is 81.4 Å². The van der Waals surface area contributed by atoms with E-state index in [1.54, 1.807) is 13.2 Å². The molecule has 6 rings (SSSR count). The van der Waals surface area contributed by atoms with Gasteiger partial charge in [-0.25, -0.2) is 9.97 Å². The number of anilines is 1. The van der Waals surface area contributed by atoms with Crippen LogP contribution >= 0.6 is 23.2 Å². The second kappa shape index (κ2) is 12.2. The van der Waals surface area contributed by atoms with Gasteiger partial charge in [0.25, 0.3) is 5.91 Å². The zero-order chi connectivity index (χ0) is 31.0. The summed E-state index contributed by atoms with van der Waals surface area (Å²) in [7, 11) is 5.51. The molecule has 1 aliphatic heterocycles. The number of pyridine rings is 1. The molecule has 0 unspecified atom stereocenters. The van der Waals surface area contributed by atoms with Gasteiger partial charge in [0.05, 0.1) is 45.7 Å². The summed E-state index contributed by atoms with van der Waals surface area (Å²) >= 11 is 13.9. The van der Waals surface area contributed by atoms with Crippen molar-refractivity contribution in [1.82, 2.24) is 24.8 Å². The van der Waals surface area contributed by atoms with Gasteiger partial charge in [-0.2, -0.15) is 5.26 Å². The van der Waals surface area contributed by atoms with Gasteiger partial charge in [0.1, 0.15) is 0 Å². The molecule has 0 spiro atoms. The number of hydrogen-bond donors (Lipinski definition) is 2. The number of nitrogens with zero attached hydrogens (tertiary/aromatic N) is 5. The van der Waals surface area contributed by atoms with Crippen LogP contribution < -0.4 is 15.4 Å². The molecule has 0 atom stereocenters. The Morgan fingerprint density at radius 2 is 1.77 bits per heavy atom. The monoisotopic (exact) mass is 629 g/mol. The fourth-order valence-electron chi connectivity index (χ4n) is 5.66. The molecule has 3 heterocycles. The molecule has 226 valence electrons. The third-order valence-corrected chi connectivity index (χ3v) is 9.28. The van der Waals surface area contributed by atoms with Gasteiger partial charge in [-0.15, -0.1) is 0 Å². The van der Waals surface area contributed by atoms with Crippen molar-refractivity contribution in [2.75, 3.05) is 32.6 Å². The largest absolute Gasteiger partial charge is 0.481 e. The lowest BCUT2D eigenvalue weighted by Gasteiger charge is -2.21. The van der Waals surface area contributed by atoms with Crippen molar-refractivity contribution < 1.29 is 9.53 Å². The van der Waals surface area contributed by atoms with Crippen molar-refractivity contribution in [2.45, 2.75) is 32.4 Å². The van der Waals surface area contributed by atoms with E-state index in [2.05, 4.69) is 26.6 Å². The van der Waals surface area contributed by atoms with Crippen LogP contribution in [0.4, 0.5) is 5.69 Å². The molecular formula is C33H33Cl2N7O2. The van der Waals surface area contributed by atoms with Gasteiger partial charge in [0.2, 0.25) is 5.88 Å². The fraction of sp³-hybridized carbons (Fsp3) is 0.333. The standard InChI is InChI=1S/C33H33Cl2N7O2/c1-41-15-12-27-26(17-41)38-30(42(27)2)31(43)39-25-9-5-7-22(29(25)35)21-6-4-8-23(28(21)34)24-11-10-20(32(40-24)44-3)16-37-19-33(18-36)13-14-33/h4-11,37H,12-17,19H2,1-3H3,(H,39,43). The Labute approximate surface area is 266 Å². The van der Waals surface area contributed by atoms with E-state index in [9.17, 15) is 10.1 Å². The van der Waals surface area contributed by atoms with Crippen molar-refractivity contribution in [1.29, 1.82) is 5.26 Å². The lowest BCUT2D eigenvalue weighted by molar-refractivity contribution is 0.101. The fourth-order valence-corrected chi connectivity index (χ4v) is 6.26. The molecule has 1 saturated carbocycles. The highest BCUT2D eigenvalue weighted by molar-refractivity contribution is 6.39. The number of rotatable bonds is 9. The minimum Gasteiger partial charge on any atom is -0.481 e. The van der Waals surface area contributed by atoms with Gasteiger partial charge in [-0.05, 0) is 32.0 Å². The molecule has 2 aromatic carbocycles. The van der Waals surface area contributed by atoms with Crippen LogP contribution in [0.15, 0.2) is 48.5 Å². The van der Waals surface area contributed by atoms with E-state index in [0.717, 1.165) is 48.3 Å².